The highest BCUT2D eigenvalue weighted by molar-refractivity contribution is 6.05. The van der Waals surface area contributed by atoms with E-state index < -0.39 is 17.5 Å². The summed E-state index contributed by atoms with van der Waals surface area (Å²) in [6, 6.07) is 3.56. The molecule has 1 amide bonds. The number of aromatic nitrogens is 2. The number of amides is 1. The van der Waals surface area contributed by atoms with E-state index in [4.69, 9.17) is 0 Å². The monoisotopic (exact) mass is 265 g/mol. The molecular formula is C13H13F2N3O. The van der Waals surface area contributed by atoms with Gasteiger partial charge in [0.2, 0.25) is 0 Å². The summed E-state index contributed by atoms with van der Waals surface area (Å²) in [5, 5.41) is 3.94. The van der Waals surface area contributed by atoms with Crippen molar-refractivity contribution in [3.8, 4) is 0 Å². The van der Waals surface area contributed by atoms with Crippen LogP contribution in [0.2, 0.25) is 0 Å². The molecule has 4 nitrogen and oxygen atoms in total. The summed E-state index contributed by atoms with van der Waals surface area (Å²) in [5.41, 5.74) is 0.0609. The maximum absolute atomic E-state index is 13.7. The fourth-order valence-corrected chi connectivity index (χ4v) is 1.80. The van der Waals surface area contributed by atoms with Gasteiger partial charge in [0.1, 0.15) is 17.5 Å². The summed E-state index contributed by atoms with van der Waals surface area (Å²) in [7, 11) is 3.18. The Labute approximate surface area is 109 Å². The highest BCUT2D eigenvalue weighted by Crippen LogP contribution is 2.19. The summed E-state index contributed by atoms with van der Waals surface area (Å²) >= 11 is 0. The van der Waals surface area contributed by atoms with Gasteiger partial charge in [-0.3, -0.25) is 14.4 Å². The van der Waals surface area contributed by atoms with E-state index in [1.165, 1.54) is 35.8 Å². The molecule has 0 aliphatic carbocycles. The van der Waals surface area contributed by atoms with Crippen molar-refractivity contribution in [3.63, 3.8) is 0 Å². The number of carbonyl (C=O) groups is 1. The van der Waals surface area contributed by atoms with Crippen LogP contribution < -0.4 is 4.90 Å². The summed E-state index contributed by atoms with van der Waals surface area (Å²) in [5.74, 6) is -1.57. The van der Waals surface area contributed by atoms with Crippen molar-refractivity contribution in [3.05, 3.63) is 47.2 Å². The second-order valence-corrected chi connectivity index (χ2v) is 4.26. The predicted molar refractivity (Wildman–Crippen MR) is 67.0 cm³/mol. The first kappa shape index (κ1) is 13.2. The van der Waals surface area contributed by atoms with Crippen LogP contribution in [0.3, 0.4) is 0 Å². The lowest BCUT2D eigenvalue weighted by Gasteiger charge is -2.17. The number of hydrogen-bond donors (Lipinski definition) is 0. The van der Waals surface area contributed by atoms with Gasteiger partial charge in [0.05, 0.1) is 11.8 Å². The standard InChI is InChI=1S/C13H13F2N3O/c1-8-6-9(11(15)7-10(8)14)13(19)17(2)12-4-5-16-18(12)3/h4-7H,1-3H3. The van der Waals surface area contributed by atoms with Gasteiger partial charge in [-0.15, -0.1) is 0 Å². The van der Waals surface area contributed by atoms with E-state index in [-0.39, 0.29) is 11.1 Å². The Kier molecular flexibility index (Phi) is 3.33. The number of aryl methyl sites for hydroxylation is 2. The molecule has 1 aromatic carbocycles. The van der Waals surface area contributed by atoms with Crippen molar-refractivity contribution >= 4 is 11.7 Å². The Morgan fingerprint density at radius 2 is 2.00 bits per heavy atom. The summed E-state index contributed by atoms with van der Waals surface area (Å²) in [4.78, 5) is 13.5. The van der Waals surface area contributed by atoms with E-state index >= 15 is 0 Å². The van der Waals surface area contributed by atoms with Crippen molar-refractivity contribution < 1.29 is 13.6 Å². The topological polar surface area (TPSA) is 38.1 Å². The molecular weight excluding hydrogens is 252 g/mol. The fourth-order valence-electron chi connectivity index (χ4n) is 1.80. The van der Waals surface area contributed by atoms with E-state index in [0.29, 0.717) is 5.82 Å². The highest BCUT2D eigenvalue weighted by atomic mass is 19.1. The molecule has 100 valence electrons. The zero-order valence-corrected chi connectivity index (χ0v) is 10.8. The Morgan fingerprint density at radius 1 is 1.32 bits per heavy atom. The van der Waals surface area contributed by atoms with Gasteiger partial charge in [0, 0.05) is 26.2 Å². The van der Waals surface area contributed by atoms with Gasteiger partial charge in [0.25, 0.3) is 5.91 Å². The van der Waals surface area contributed by atoms with Gasteiger partial charge in [-0.2, -0.15) is 5.10 Å². The minimum absolute atomic E-state index is 0.164. The normalized spacial score (nSPS) is 10.6. The van der Waals surface area contributed by atoms with Crippen molar-refractivity contribution in [1.29, 1.82) is 0 Å². The first-order chi connectivity index (χ1) is 8.91. The number of hydrogen-bond acceptors (Lipinski definition) is 2. The predicted octanol–water partition coefficient (Wildman–Crippen LogP) is 2.28. The summed E-state index contributed by atoms with van der Waals surface area (Å²) < 4.78 is 28.3. The molecule has 2 aromatic rings. The maximum atomic E-state index is 13.7. The third-order valence-corrected chi connectivity index (χ3v) is 2.92. The Bertz CT molecular complexity index is 637. The largest absolute Gasteiger partial charge is 0.296 e. The molecule has 0 N–H and O–H groups in total. The Morgan fingerprint density at radius 3 is 2.58 bits per heavy atom. The maximum Gasteiger partial charge on any atom is 0.262 e. The molecule has 0 bridgehead atoms. The third-order valence-electron chi connectivity index (χ3n) is 2.92. The smallest absolute Gasteiger partial charge is 0.262 e. The molecule has 1 heterocycles. The minimum Gasteiger partial charge on any atom is -0.296 e. The van der Waals surface area contributed by atoms with Crippen LogP contribution in [0.25, 0.3) is 0 Å². The lowest BCUT2D eigenvalue weighted by atomic mass is 10.1. The van der Waals surface area contributed by atoms with E-state index in [2.05, 4.69) is 5.10 Å². The average molecular weight is 265 g/mol. The van der Waals surface area contributed by atoms with E-state index in [1.807, 2.05) is 0 Å². The number of halogens is 2. The van der Waals surface area contributed by atoms with Crippen molar-refractivity contribution in [2.45, 2.75) is 6.92 Å². The second kappa shape index (κ2) is 4.79. The Balaban J connectivity index is 2.40. The van der Waals surface area contributed by atoms with Gasteiger partial charge in [0.15, 0.2) is 0 Å². The second-order valence-electron chi connectivity index (χ2n) is 4.26. The first-order valence-corrected chi connectivity index (χ1v) is 5.63. The molecule has 0 atom stereocenters. The minimum atomic E-state index is -0.873. The zero-order chi connectivity index (χ0) is 14.2. The first-order valence-electron chi connectivity index (χ1n) is 5.63. The van der Waals surface area contributed by atoms with E-state index in [0.717, 1.165) is 6.07 Å². The van der Waals surface area contributed by atoms with Crippen LogP contribution in [0.4, 0.5) is 14.6 Å². The number of nitrogens with zero attached hydrogens (tertiary/aromatic N) is 3. The molecule has 0 unspecified atom stereocenters. The van der Waals surface area contributed by atoms with Crippen LogP contribution in [0.1, 0.15) is 15.9 Å². The number of carbonyl (C=O) groups excluding carboxylic acids is 1. The van der Waals surface area contributed by atoms with Crippen molar-refractivity contribution in [2.24, 2.45) is 7.05 Å². The number of anilines is 1. The van der Waals surface area contributed by atoms with E-state index in [9.17, 15) is 13.6 Å². The molecule has 0 saturated heterocycles. The molecule has 19 heavy (non-hydrogen) atoms. The molecule has 2 rings (SSSR count). The van der Waals surface area contributed by atoms with Gasteiger partial charge in [-0.1, -0.05) is 0 Å². The molecule has 0 aliphatic rings. The molecule has 0 fully saturated rings. The molecule has 0 spiro atoms. The number of rotatable bonds is 2. The van der Waals surface area contributed by atoms with Gasteiger partial charge < -0.3 is 0 Å². The van der Waals surface area contributed by atoms with Crippen LogP contribution in [0, 0.1) is 18.6 Å². The van der Waals surface area contributed by atoms with Crippen molar-refractivity contribution in [1.82, 2.24) is 9.78 Å². The SMILES string of the molecule is Cc1cc(C(=O)N(C)c2ccnn2C)c(F)cc1F. The fraction of sp³-hybridized carbons (Fsp3) is 0.231. The summed E-state index contributed by atoms with van der Waals surface area (Å²) in [6.07, 6.45) is 1.53. The average Bonchev–Trinajstić information content (AvgIpc) is 2.78. The van der Waals surface area contributed by atoms with Crippen LogP contribution >= 0.6 is 0 Å². The summed E-state index contributed by atoms with van der Waals surface area (Å²) in [6.45, 7) is 1.48. The molecule has 1 aromatic heterocycles. The van der Waals surface area contributed by atoms with Crippen LogP contribution in [-0.4, -0.2) is 22.7 Å². The molecule has 0 radical (unpaired) electrons. The van der Waals surface area contributed by atoms with Crippen LogP contribution in [0.5, 0.6) is 0 Å². The van der Waals surface area contributed by atoms with Crippen LogP contribution in [-0.2, 0) is 7.05 Å². The Hall–Kier alpha value is -2.24. The lowest BCUT2D eigenvalue weighted by molar-refractivity contribution is 0.0987. The van der Waals surface area contributed by atoms with Crippen LogP contribution in [0.15, 0.2) is 24.4 Å². The van der Waals surface area contributed by atoms with Gasteiger partial charge in [-0.05, 0) is 18.6 Å². The van der Waals surface area contributed by atoms with Gasteiger partial charge >= 0.3 is 0 Å². The lowest BCUT2D eigenvalue weighted by Crippen LogP contribution is -2.29. The molecule has 0 aliphatic heterocycles. The van der Waals surface area contributed by atoms with Crippen molar-refractivity contribution in [2.75, 3.05) is 11.9 Å². The third kappa shape index (κ3) is 2.33. The molecule has 6 heteroatoms. The number of benzene rings is 1. The zero-order valence-electron chi connectivity index (χ0n) is 10.8. The van der Waals surface area contributed by atoms with Gasteiger partial charge in [-0.25, -0.2) is 8.78 Å². The van der Waals surface area contributed by atoms with E-state index in [1.54, 1.807) is 13.1 Å². The highest BCUT2D eigenvalue weighted by Gasteiger charge is 2.20. The molecule has 0 saturated carbocycles. The quantitative estimate of drug-likeness (QED) is 0.835.